The van der Waals surface area contributed by atoms with E-state index in [2.05, 4.69) is 15.6 Å². The molecule has 1 atom stereocenters. The summed E-state index contributed by atoms with van der Waals surface area (Å²) in [5.74, 6) is 0.502. The molecular formula is C22H23N5O2. The van der Waals surface area contributed by atoms with Crippen LogP contribution in [-0.4, -0.2) is 40.1 Å². The molecule has 3 amide bonds. The minimum absolute atomic E-state index is 0.127. The van der Waals surface area contributed by atoms with Crippen molar-refractivity contribution in [2.45, 2.75) is 37.9 Å². The highest BCUT2D eigenvalue weighted by molar-refractivity contribution is 5.96. The van der Waals surface area contributed by atoms with Gasteiger partial charge in [-0.05, 0) is 30.5 Å². The number of amides is 3. The smallest absolute Gasteiger partial charge is 0.324 e. The second-order valence-corrected chi connectivity index (χ2v) is 7.68. The maximum Gasteiger partial charge on any atom is 0.324 e. The molecule has 7 heteroatoms. The third-order valence-electron chi connectivity index (χ3n) is 5.49. The summed E-state index contributed by atoms with van der Waals surface area (Å²) in [6, 6.07) is 17.0. The van der Waals surface area contributed by atoms with Gasteiger partial charge in [0.1, 0.15) is 6.04 Å². The number of rotatable bonds is 5. The molecule has 0 unspecified atom stereocenters. The third kappa shape index (κ3) is 3.55. The lowest BCUT2D eigenvalue weighted by atomic mass is 10.1. The third-order valence-corrected chi connectivity index (χ3v) is 5.49. The van der Waals surface area contributed by atoms with Crippen molar-refractivity contribution in [3.05, 3.63) is 60.2 Å². The van der Waals surface area contributed by atoms with E-state index in [4.69, 9.17) is 0 Å². The minimum atomic E-state index is -0.621. The Kier molecular flexibility index (Phi) is 4.42. The summed E-state index contributed by atoms with van der Waals surface area (Å²) in [4.78, 5) is 32.1. The fourth-order valence-corrected chi connectivity index (χ4v) is 3.80. The second kappa shape index (κ2) is 7.24. The van der Waals surface area contributed by atoms with Crippen molar-refractivity contribution in [1.82, 2.24) is 20.2 Å². The van der Waals surface area contributed by atoms with Crippen LogP contribution in [0, 0.1) is 0 Å². The number of nitrogens with zero attached hydrogens (tertiary/aromatic N) is 3. The molecule has 1 fully saturated rings. The number of carbonyl (C=O) groups excluding carboxylic acids is 2. The number of carbonyl (C=O) groups is 2. The molecule has 2 N–H and O–H groups in total. The number of hydrogen-bond acceptors (Lipinski definition) is 3. The predicted octanol–water partition coefficient (Wildman–Crippen LogP) is 2.46. The standard InChI is InChI=1S/C22H23N5O2/c28-20(23-16-10-11-16)18(14-15-6-2-1-3-7-15)25-22(29)27-13-12-26-19-9-5-4-8-17(19)24-21(26)27/h1-9,16,18H,10-14H2,(H,23,28)(H,25,29)/t18-/m0/s1. The molecule has 2 heterocycles. The second-order valence-electron chi connectivity index (χ2n) is 7.68. The van der Waals surface area contributed by atoms with Crippen molar-refractivity contribution in [3.8, 4) is 0 Å². The Hall–Kier alpha value is -3.35. The topological polar surface area (TPSA) is 79.3 Å². The Labute approximate surface area is 168 Å². The molecule has 0 spiro atoms. The summed E-state index contributed by atoms with van der Waals surface area (Å²) in [5.41, 5.74) is 2.90. The number of hydrogen-bond donors (Lipinski definition) is 2. The van der Waals surface area contributed by atoms with Gasteiger partial charge in [-0.15, -0.1) is 0 Å². The number of imidazole rings is 1. The van der Waals surface area contributed by atoms with Gasteiger partial charge in [0, 0.05) is 25.6 Å². The van der Waals surface area contributed by atoms with Crippen LogP contribution in [-0.2, 0) is 17.8 Å². The molecular weight excluding hydrogens is 366 g/mol. The van der Waals surface area contributed by atoms with Gasteiger partial charge in [-0.2, -0.15) is 0 Å². The zero-order chi connectivity index (χ0) is 19.8. The highest BCUT2D eigenvalue weighted by atomic mass is 16.2. The number of fused-ring (bicyclic) bond motifs is 3. The van der Waals surface area contributed by atoms with E-state index >= 15 is 0 Å². The van der Waals surface area contributed by atoms with Crippen molar-refractivity contribution >= 4 is 28.9 Å². The van der Waals surface area contributed by atoms with E-state index in [1.165, 1.54) is 0 Å². The summed E-state index contributed by atoms with van der Waals surface area (Å²) < 4.78 is 2.05. The number of benzene rings is 2. The van der Waals surface area contributed by atoms with Crippen LogP contribution < -0.4 is 15.5 Å². The molecule has 1 aliphatic carbocycles. The Morgan fingerprint density at radius 2 is 1.79 bits per heavy atom. The molecule has 7 nitrogen and oxygen atoms in total. The van der Waals surface area contributed by atoms with Crippen molar-refractivity contribution < 1.29 is 9.59 Å². The molecule has 1 aromatic heterocycles. The molecule has 2 aromatic carbocycles. The van der Waals surface area contributed by atoms with Gasteiger partial charge >= 0.3 is 6.03 Å². The first-order chi connectivity index (χ1) is 14.2. The number of anilines is 1. The SMILES string of the molecule is O=C(NC1CC1)[C@H](Cc1ccccc1)NC(=O)N1CCn2c1nc1ccccc12. The molecule has 1 aliphatic heterocycles. The highest BCUT2D eigenvalue weighted by Crippen LogP contribution is 2.27. The number of nitrogens with one attached hydrogen (secondary N) is 2. The van der Waals surface area contributed by atoms with E-state index in [-0.39, 0.29) is 18.0 Å². The fourth-order valence-electron chi connectivity index (χ4n) is 3.80. The number of para-hydroxylation sites is 2. The Bertz CT molecular complexity index is 1060. The molecule has 0 saturated heterocycles. The summed E-state index contributed by atoms with van der Waals surface area (Å²) in [6.45, 7) is 1.24. The Balaban J connectivity index is 1.36. The molecule has 3 aromatic rings. The zero-order valence-electron chi connectivity index (χ0n) is 16.0. The molecule has 1 saturated carbocycles. The average Bonchev–Trinajstić information content (AvgIpc) is 3.33. The van der Waals surface area contributed by atoms with Crippen molar-refractivity contribution in [2.24, 2.45) is 0 Å². The van der Waals surface area contributed by atoms with Gasteiger partial charge in [-0.3, -0.25) is 9.69 Å². The lowest BCUT2D eigenvalue weighted by molar-refractivity contribution is -0.123. The van der Waals surface area contributed by atoms with Crippen LogP contribution in [0.4, 0.5) is 10.7 Å². The molecule has 0 bridgehead atoms. The van der Waals surface area contributed by atoms with Gasteiger partial charge in [0.05, 0.1) is 11.0 Å². The van der Waals surface area contributed by atoms with Crippen LogP contribution in [0.1, 0.15) is 18.4 Å². The van der Waals surface area contributed by atoms with Gasteiger partial charge in [-0.25, -0.2) is 9.78 Å². The summed E-state index contributed by atoms with van der Waals surface area (Å²) in [5, 5.41) is 5.96. The summed E-state index contributed by atoms with van der Waals surface area (Å²) >= 11 is 0. The minimum Gasteiger partial charge on any atom is -0.352 e. The van der Waals surface area contributed by atoms with Gasteiger partial charge in [-0.1, -0.05) is 42.5 Å². The monoisotopic (exact) mass is 389 g/mol. The first kappa shape index (κ1) is 17.7. The predicted molar refractivity (Wildman–Crippen MR) is 111 cm³/mol. The lowest BCUT2D eigenvalue weighted by Gasteiger charge is -2.22. The maximum absolute atomic E-state index is 13.1. The first-order valence-corrected chi connectivity index (χ1v) is 10.1. The van der Waals surface area contributed by atoms with E-state index in [9.17, 15) is 9.59 Å². The summed E-state index contributed by atoms with van der Waals surface area (Å²) in [6.07, 6.45) is 2.47. The van der Waals surface area contributed by atoms with Crippen LogP contribution in [0.15, 0.2) is 54.6 Å². The van der Waals surface area contributed by atoms with Gasteiger partial charge in [0.2, 0.25) is 11.9 Å². The molecule has 29 heavy (non-hydrogen) atoms. The van der Waals surface area contributed by atoms with Gasteiger partial charge in [0.25, 0.3) is 0 Å². The van der Waals surface area contributed by atoms with Crippen LogP contribution >= 0.6 is 0 Å². The highest BCUT2D eigenvalue weighted by Gasteiger charge is 2.33. The van der Waals surface area contributed by atoms with E-state index in [1.54, 1.807) is 4.90 Å². The fraction of sp³-hybridized carbons (Fsp3) is 0.318. The van der Waals surface area contributed by atoms with Crippen LogP contribution in [0.2, 0.25) is 0 Å². The maximum atomic E-state index is 13.1. The molecule has 2 aliphatic rings. The van der Waals surface area contributed by atoms with E-state index in [1.807, 2.05) is 59.2 Å². The first-order valence-electron chi connectivity index (χ1n) is 10.1. The number of urea groups is 1. The normalized spacial score (nSPS) is 16.5. The quantitative estimate of drug-likeness (QED) is 0.704. The van der Waals surface area contributed by atoms with E-state index in [0.717, 1.165) is 29.4 Å². The lowest BCUT2D eigenvalue weighted by Crippen LogP contribution is -2.52. The van der Waals surface area contributed by atoms with Crippen LogP contribution in [0.25, 0.3) is 11.0 Å². The molecule has 148 valence electrons. The number of aromatic nitrogens is 2. The van der Waals surface area contributed by atoms with Crippen LogP contribution in [0.3, 0.4) is 0 Å². The van der Waals surface area contributed by atoms with E-state index in [0.29, 0.717) is 25.5 Å². The molecule has 0 radical (unpaired) electrons. The zero-order valence-corrected chi connectivity index (χ0v) is 16.0. The average molecular weight is 389 g/mol. The van der Waals surface area contributed by atoms with Gasteiger partial charge in [0.15, 0.2) is 0 Å². The van der Waals surface area contributed by atoms with E-state index < -0.39 is 6.04 Å². The largest absolute Gasteiger partial charge is 0.352 e. The summed E-state index contributed by atoms with van der Waals surface area (Å²) in [7, 11) is 0. The van der Waals surface area contributed by atoms with Crippen LogP contribution in [0.5, 0.6) is 0 Å². The van der Waals surface area contributed by atoms with Crippen molar-refractivity contribution in [2.75, 3.05) is 11.4 Å². The van der Waals surface area contributed by atoms with Gasteiger partial charge < -0.3 is 15.2 Å². The Morgan fingerprint density at radius 3 is 2.59 bits per heavy atom. The van der Waals surface area contributed by atoms with Crippen molar-refractivity contribution in [1.29, 1.82) is 0 Å². The van der Waals surface area contributed by atoms with Crippen molar-refractivity contribution in [3.63, 3.8) is 0 Å². The molecule has 5 rings (SSSR count). The Morgan fingerprint density at radius 1 is 1.03 bits per heavy atom.